The molecule has 2 aromatic heterocycles. The van der Waals surface area contributed by atoms with Crippen LogP contribution in [0, 0.1) is 6.92 Å². The van der Waals surface area contributed by atoms with E-state index in [0.29, 0.717) is 20.9 Å². The second-order valence-corrected chi connectivity index (χ2v) is 7.73. The molecule has 26 heavy (non-hydrogen) atoms. The molecule has 3 aromatic rings. The van der Waals surface area contributed by atoms with E-state index in [9.17, 15) is 14.4 Å². The van der Waals surface area contributed by atoms with Crippen molar-refractivity contribution >= 4 is 45.8 Å². The van der Waals surface area contributed by atoms with Crippen molar-refractivity contribution in [2.45, 2.75) is 18.6 Å². The summed E-state index contributed by atoms with van der Waals surface area (Å²) >= 11 is 2.57. The maximum absolute atomic E-state index is 12.7. The minimum Gasteiger partial charge on any atom is -0.468 e. The molecule has 6 nitrogen and oxygen atoms in total. The van der Waals surface area contributed by atoms with Gasteiger partial charge in [0, 0.05) is 4.88 Å². The number of hydrogen-bond acceptors (Lipinski definition) is 7. The van der Waals surface area contributed by atoms with E-state index in [4.69, 9.17) is 0 Å². The molecule has 0 radical (unpaired) electrons. The van der Waals surface area contributed by atoms with Gasteiger partial charge >= 0.3 is 5.97 Å². The van der Waals surface area contributed by atoms with Crippen LogP contribution in [0.1, 0.15) is 14.5 Å². The monoisotopic (exact) mass is 388 g/mol. The number of ether oxygens (including phenoxy) is 1. The zero-order valence-corrected chi connectivity index (χ0v) is 15.9. The number of ketones is 1. The first-order valence-corrected chi connectivity index (χ1v) is 9.58. The van der Waals surface area contributed by atoms with Gasteiger partial charge in [-0.15, -0.1) is 11.3 Å². The summed E-state index contributed by atoms with van der Waals surface area (Å²) in [6.07, 6.45) is 0. The van der Waals surface area contributed by atoms with Crippen LogP contribution in [0.4, 0.5) is 0 Å². The van der Waals surface area contributed by atoms with Crippen molar-refractivity contribution in [3.8, 4) is 0 Å². The standard InChI is InChI=1S/C18H16N2O4S2/c1-11-7-8-15(26-11)14(21)10-25-18-19-13-6-4-3-5-12(13)17(23)20(18)9-16(22)24-2/h3-8H,9-10H2,1-2H3. The zero-order chi connectivity index (χ0) is 18.7. The highest BCUT2D eigenvalue weighted by atomic mass is 32.2. The van der Waals surface area contributed by atoms with Crippen LogP contribution in [0.25, 0.3) is 10.9 Å². The Labute approximate surface area is 157 Å². The van der Waals surface area contributed by atoms with Gasteiger partial charge in [0.05, 0.1) is 28.6 Å². The average molecular weight is 388 g/mol. The smallest absolute Gasteiger partial charge is 0.325 e. The van der Waals surface area contributed by atoms with Crippen molar-refractivity contribution in [1.29, 1.82) is 0 Å². The van der Waals surface area contributed by atoms with E-state index >= 15 is 0 Å². The van der Waals surface area contributed by atoms with Crippen molar-refractivity contribution in [3.05, 3.63) is 56.5 Å². The van der Waals surface area contributed by atoms with Gasteiger partial charge in [0.1, 0.15) is 6.54 Å². The molecule has 0 saturated carbocycles. The highest BCUT2D eigenvalue weighted by Crippen LogP contribution is 2.22. The minimum absolute atomic E-state index is 0.0416. The molecule has 2 heterocycles. The van der Waals surface area contributed by atoms with Gasteiger partial charge in [-0.3, -0.25) is 19.0 Å². The quantitative estimate of drug-likeness (QED) is 0.280. The van der Waals surface area contributed by atoms with Gasteiger partial charge in [0.15, 0.2) is 10.9 Å². The van der Waals surface area contributed by atoms with Gasteiger partial charge in [-0.05, 0) is 31.2 Å². The molecule has 0 aliphatic heterocycles. The fourth-order valence-corrected chi connectivity index (χ4v) is 4.15. The Morgan fingerprint density at radius 2 is 2.00 bits per heavy atom. The molecule has 0 atom stereocenters. The van der Waals surface area contributed by atoms with Crippen molar-refractivity contribution in [1.82, 2.24) is 9.55 Å². The number of fused-ring (bicyclic) bond motifs is 1. The third-order valence-corrected chi connectivity index (χ3v) is 5.71. The number of rotatable bonds is 6. The SMILES string of the molecule is COC(=O)Cn1c(SCC(=O)c2ccc(C)s2)nc2ccccc2c1=O. The Morgan fingerprint density at radius 1 is 1.23 bits per heavy atom. The van der Waals surface area contributed by atoms with E-state index in [1.54, 1.807) is 30.3 Å². The Morgan fingerprint density at radius 3 is 2.69 bits per heavy atom. The lowest BCUT2D eigenvalue weighted by molar-refractivity contribution is -0.141. The molecule has 8 heteroatoms. The van der Waals surface area contributed by atoms with Crippen molar-refractivity contribution in [3.63, 3.8) is 0 Å². The van der Waals surface area contributed by atoms with Crippen LogP contribution < -0.4 is 5.56 Å². The molecule has 0 saturated heterocycles. The Balaban J connectivity index is 1.94. The average Bonchev–Trinajstić information content (AvgIpc) is 3.08. The number of thiophene rings is 1. The molecule has 0 spiro atoms. The lowest BCUT2D eigenvalue weighted by atomic mass is 10.2. The third kappa shape index (κ3) is 3.86. The molecule has 1 aromatic carbocycles. The van der Waals surface area contributed by atoms with E-state index in [0.717, 1.165) is 16.6 Å². The molecule has 0 amide bonds. The second kappa shape index (κ2) is 7.84. The molecule has 0 aliphatic carbocycles. The van der Waals surface area contributed by atoms with E-state index in [1.807, 2.05) is 13.0 Å². The summed E-state index contributed by atoms with van der Waals surface area (Å²) < 4.78 is 5.93. The molecule has 0 bridgehead atoms. The molecule has 0 N–H and O–H groups in total. The molecular weight excluding hydrogens is 372 g/mol. The van der Waals surface area contributed by atoms with Crippen molar-refractivity contribution in [2.24, 2.45) is 0 Å². The Hall–Kier alpha value is -2.45. The Kier molecular flexibility index (Phi) is 5.53. The fourth-order valence-electron chi connectivity index (χ4n) is 2.38. The van der Waals surface area contributed by atoms with Crippen molar-refractivity contribution < 1.29 is 14.3 Å². The van der Waals surface area contributed by atoms with E-state index in [-0.39, 0.29) is 23.6 Å². The predicted octanol–water partition coefficient (Wildman–Crippen LogP) is 2.91. The largest absolute Gasteiger partial charge is 0.468 e. The first-order chi connectivity index (χ1) is 12.5. The van der Waals surface area contributed by atoms with Crippen LogP contribution in [0.3, 0.4) is 0 Å². The first kappa shape index (κ1) is 18.3. The number of nitrogens with zero attached hydrogens (tertiary/aromatic N) is 2. The topological polar surface area (TPSA) is 78.3 Å². The van der Waals surface area contributed by atoms with Gasteiger partial charge < -0.3 is 4.74 Å². The van der Waals surface area contributed by atoms with Gasteiger partial charge in [-0.25, -0.2) is 4.98 Å². The third-order valence-electron chi connectivity index (χ3n) is 3.69. The zero-order valence-electron chi connectivity index (χ0n) is 14.2. The number of esters is 1. The molecule has 0 aliphatic rings. The van der Waals surface area contributed by atoms with Crippen molar-refractivity contribution in [2.75, 3.05) is 12.9 Å². The van der Waals surface area contributed by atoms with Gasteiger partial charge in [-0.1, -0.05) is 23.9 Å². The summed E-state index contributed by atoms with van der Waals surface area (Å²) in [5, 5.41) is 0.738. The molecule has 134 valence electrons. The summed E-state index contributed by atoms with van der Waals surface area (Å²) in [5.74, 6) is -0.460. The van der Waals surface area contributed by atoms with Gasteiger partial charge in [0.25, 0.3) is 5.56 Å². The van der Waals surface area contributed by atoms with Crippen LogP contribution in [-0.4, -0.2) is 34.2 Å². The number of aryl methyl sites for hydroxylation is 1. The lowest BCUT2D eigenvalue weighted by Crippen LogP contribution is -2.27. The molecule has 0 unspecified atom stereocenters. The number of thioether (sulfide) groups is 1. The number of para-hydroxylation sites is 1. The first-order valence-electron chi connectivity index (χ1n) is 7.78. The van der Waals surface area contributed by atoms with Crippen LogP contribution >= 0.6 is 23.1 Å². The molecule has 0 fully saturated rings. The highest BCUT2D eigenvalue weighted by molar-refractivity contribution is 7.99. The van der Waals surface area contributed by atoms with Crippen LogP contribution in [0.15, 0.2) is 46.3 Å². The van der Waals surface area contributed by atoms with Gasteiger partial charge in [-0.2, -0.15) is 0 Å². The van der Waals surface area contributed by atoms with E-state index in [1.165, 1.54) is 23.0 Å². The summed E-state index contributed by atoms with van der Waals surface area (Å²) in [4.78, 5) is 43.0. The number of hydrogen-bond donors (Lipinski definition) is 0. The van der Waals surface area contributed by atoms with Crippen LogP contribution in [0.5, 0.6) is 0 Å². The predicted molar refractivity (Wildman–Crippen MR) is 102 cm³/mol. The summed E-state index contributed by atoms with van der Waals surface area (Å²) in [6, 6.07) is 10.6. The van der Waals surface area contributed by atoms with E-state index in [2.05, 4.69) is 9.72 Å². The summed E-state index contributed by atoms with van der Waals surface area (Å²) in [5.41, 5.74) is 0.198. The van der Waals surface area contributed by atoms with Gasteiger partial charge in [0.2, 0.25) is 0 Å². The second-order valence-electron chi connectivity index (χ2n) is 5.50. The number of aromatic nitrogens is 2. The molecule has 3 rings (SSSR count). The molecular formula is C18H16N2O4S2. The number of Topliss-reactive ketones (excluding diaryl/α,β-unsaturated/α-hetero) is 1. The lowest BCUT2D eigenvalue weighted by Gasteiger charge is -2.11. The number of carbonyl (C=O) groups is 2. The Bertz CT molecular complexity index is 1040. The van der Waals surface area contributed by atoms with Crippen LogP contribution in [-0.2, 0) is 16.1 Å². The normalized spacial score (nSPS) is 10.8. The van der Waals surface area contributed by atoms with Crippen LogP contribution in [0.2, 0.25) is 0 Å². The minimum atomic E-state index is -0.550. The van der Waals surface area contributed by atoms with E-state index < -0.39 is 5.97 Å². The highest BCUT2D eigenvalue weighted by Gasteiger charge is 2.17. The number of methoxy groups -OCH3 is 1. The maximum Gasteiger partial charge on any atom is 0.325 e. The number of benzene rings is 1. The number of carbonyl (C=O) groups excluding carboxylic acids is 2. The maximum atomic E-state index is 12.7. The fraction of sp³-hybridized carbons (Fsp3) is 0.222. The summed E-state index contributed by atoms with van der Waals surface area (Å²) in [6.45, 7) is 1.69. The summed E-state index contributed by atoms with van der Waals surface area (Å²) in [7, 11) is 1.26.